The minimum Gasteiger partial charge on any atom is -0.481 e. The van der Waals surface area contributed by atoms with Gasteiger partial charge in [0.2, 0.25) is 17.7 Å². The van der Waals surface area contributed by atoms with Crippen molar-refractivity contribution in [3.63, 3.8) is 0 Å². The van der Waals surface area contributed by atoms with E-state index in [0.717, 1.165) is 6.92 Å². The molecule has 30 heavy (non-hydrogen) atoms. The monoisotopic (exact) mass is 450 g/mol. The Labute approximate surface area is 176 Å². The highest BCUT2D eigenvalue weighted by atomic mass is 32.2. The molecule has 0 aromatic carbocycles. The predicted octanol–water partition coefficient (Wildman–Crippen LogP) is -2.42. The number of nitrogens with two attached hydrogens (primary N) is 1. The van der Waals surface area contributed by atoms with Crippen LogP contribution in [-0.4, -0.2) is 87.1 Å². The molecular formula is C16H26N4O9S. The van der Waals surface area contributed by atoms with Gasteiger partial charge in [-0.05, 0) is 25.4 Å². The number of nitrogens with one attached hydrogen (secondary N) is 3. The summed E-state index contributed by atoms with van der Waals surface area (Å²) in [5.41, 5.74) is 5.68. The first-order valence-corrected chi connectivity index (χ1v) is 10.1. The van der Waals surface area contributed by atoms with Crippen LogP contribution >= 0.6 is 11.8 Å². The van der Waals surface area contributed by atoms with E-state index in [0.29, 0.717) is 5.75 Å². The van der Waals surface area contributed by atoms with Crippen molar-refractivity contribution < 1.29 is 44.1 Å². The number of amides is 3. The van der Waals surface area contributed by atoms with Crippen LogP contribution in [-0.2, 0) is 28.8 Å². The van der Waals surface area contributed by atoms with Crippen molar-refractivity contribution in [3.05, 3.63) is 0 Å². The topological polar surface area (TPSA) is 225 Å². The van der Waals surface area contributed by atoms with Crippen LogP contribution in [0.15, 0.2) is 0 Å². The van der Waals surface area contributed by atoms with Crippen molar-refractivity contribution in [1.82, 2.24) is 16.0 Å². The van der Waals surface area contributed by atoms with Gasteiger partial charge in [-0.1, -0.05) is 0 Å². The molecule has 170 valence electrons. The maximum absolute atomic E-state index is 12.4. The Kier molecular flexibility index (Phi) is 12.1. The van der Waals surface area contributed by atoms with E-state index in [1.807, 2.05) is 10.6 Å². The van der Waals surface area contributed by atoms with Gasteiger partial charge in [0.25, 0.3) is 0 Å². The van der Waals surface area contributed by atoms with Gasteiger partial charge < -0.3 is 37.0 Å². The smallest absolute Gasteiger partial charge is 0.325 e. The van der Waals surface area contributed by atoms with E-state index in [-0.39, 0.29) is 6.42 Å². The third-order valence-electron chi connectivity index (χ3n) is 3.72. The number of carboxylic acid groups (broad SMARTS) is 3. The average molecular weight is 450 g/mol. The lowest BCUT2D eigenvalue weighted by atomic mass is 10.1. The lowest BCUT2D eigenvalue weighted by Gasteiger charge is -2.23. The van der Waals surface area contributed by atoms with Gasteiger partial charge in [0.1, 0.15) is 18.1 Å². The molecule has 8 N–H and O–H groups in total. The molecule has 4 unspecified atom stereocenters. The zero-order chi connectivity index (χ0) is 23.4. The number of thioether (sulfide) groups is 1. The number of hydrogen-bond acceptors (Lipinski definition) is 8. The maximum Gasteiger partial charge on any atom is 0.325 e. The molecule has 4 atom stereocenters. The summed E-state index contributed by atoms with van der Waals surface area (Å²) in [4.78, 5) is 69.6. The number of carboxylic acids is 3. The largest absolute Gasteiger partial charge is 0.481 e. The van der Waals surface area contributed by atoms with Gasteiger partial charge >= 0.3 is 17.9 Å². The SMILES string of the molecule is CSCCC(N)C(=O)NC(CC(=O)O)C(=O)NC(CC(=O)O)C(=O)NC(C)C(=O)O. The molecular weight excluding hydrogens is 424 g/mol. The second kappa shape index (κ2) is 13.4. The Morgan fingerprint density at radius 1 is 0.833 bits per heavy atom. The summed E-state index contributed by atoms with van der Waals surface area (Å²) in [5, 5.41) is 33.0. The molecule has 0 bridgehead atoms. The van der Waals surface area contributed by atoms with E-state index >= 15 is 0 Å². The average Bonchev–Trinajstić information content (AvgIpc) is 2.63. The van der Waals surface area contributed by atoms with Gasteiger partial charge in [-0.25, -0.2) is 0 Å². The highest BCUT2D eigenvalue weighted by molar-refractivity contribution is 7.98. The van der Waals surface area contributed by atoms with Crippen LogP contribution in [0.4, 0.5) is 0 Å². The normalized spacial score (nSPS) is 14.5. The van der Waals surface area contributed by atoms with Crippen LogP contribution in [0, 0.1) is 0 Å². The third kappa shape index (κ3) is 10.6. The van der Waals surface area contributed by atoms with Crippen molar-refractivity contribution in [2.75, 3.05) is 12.0 Å². The highest BCUT2D eigenvalue weighted by Gasteiger charge is 2.31. The van der Waals surface area contributed by atoms with Crippen LogP contribution in [0.5, 0.6) is 0 Å². The quantitative estimate of drug-likeness (QED) is 0.147. The maximum atomic E-state index is 12.4. The molecule has 3 amide bonds. The van der Waals surface area contributed by atoms with Crippen LogP contribution in [0.2, 0.25) is 0 Å². The predicted molar refractivity (Wildman–Crippen MR) is 105 cm³/mol. The molecule has 14 heteroatoms. The first kappa shape index (κ1) is 27.1. The minimum absolute atomic E-state index is 0.269. The zero-order valence-electron chi connectivity index (χ0n) is 16.4. The van der Waals surface area contributed by atoms with Crippen molar-refractivity contribution in [1.29, 1.82) is 0 Å². The summed E-state index contributed by atoms with van der Waals surface area (Å²) < 4.78 is 0. The Balaban J connectivity index is 5.34. The van der Waals surface area contributed by atoms with Gasteiger partial charge in [0.15, 0.2) is 0 Å². The molecule has 0 aliphatic rings. The Bertz CT molecular complexity index is 673. The van der Waals surface area contributed by atoms with Crippen molar-refractivity contribution in [3.8, 4) is 0 Å². The van der Waals surface area contributed by atoms with Gasteiger partial charge in [-0.3, -0.25) is 28.8 Å². The second-order valence-corrected chi connectivity index (χ2v) is 7.26. The Morgan fingerprint density at radius 2 is 1.27 bits per heavy atom. The lowest BCUT2D eigenvalue weighted by molar-refractivity contribution is -0.144. The summed E-state index contributed by atoms with van der Waals surface area (Å²) >= 11 is 1.43. The molecule has 0 aliphatic carbocycles. The molecule has 0 heterocycles. The van der Waals surface area contributed by atoms with Crippen LogP contribution in [0.3, 0.4) is 0 Å². The number of carbonyl (C=O) groups is 6. The van der Waals surface area contributed by atoms with E-state index in [4.69, 9.17) is 21.1 Å². The van der Waals surface area contributed by atoms with Crippen molar-refractivity contribution in [2.24, 2.45) is 5.73 Å². The summed E-state index contributed by atoms with van der Waals surface area (Å²) in [5.74, 6) is -6.77. The number of rotatable bonds is 14. The second-order valence-electron chi connectivity index (χ2n) is 6.27. The first-order chi connectivity index (χ1) is 13.9. The number of hydrogen-bond donors (Lipinski definition) is 7. The summed E-state index contributed by atoms with van der Waals surface area (Å²) in [6.45, 7) is 1.13. The fourth-order valence-corrected chi connectivity index (χ4v) is 2.56. The molecule has 13 nitrogen and oxygen atoms in total. The Morgan fingerprint density at radius 3 is 1.67 bits per heavy atom. The van der Waals surface area contributed by atoms with E-state index in [1.165, 1.54) is 11.8 Å². The van der Waals surface area contributed by atoms with Crippen molar-refractivity contribution in [2.45, 2.75) is 50.4 Å². The van der Waals surface area contributed by atoms with E-state index in [1.54, 1.807) is 6.26 Å². The van der Waals surface area contributed by atoms with Gasteiger partial charge in [-0.15, -0.1) is 0 Å². The molecule has 0 rings (SSSR count). The van der Waals surface area contributed by atoms with E-state index in [9.17, 15) is 28.8 Å². The fourth-order valence-electron chi connectivity index (χ4n) is 2.07. The molecule has 0 aromatic rings. The molecule has 0 aliphatic heterocycles. The molecule has 0 spiro atoms. The minimum atomic E-state index is -1.70. The lowest BCUT2D eigenvalue weighted by Crippen LogP contribution is -2.57. The molecule has 0 saturated heterocycles. The summed E-state index contributed by atoms with van der Waals surface area (Å²) in [6.07, 6.45) is 0.320. The molecule has 0 radical (unpaired) electrons. The van der Waals surface area contributed by atoms with Crippen LogP contribution < -0.4 is 21.7 Å². The van der Waals surface area contributed by atoms with Crippen LogP contribution in [0.1, 0.15) is 26.2 Å². The molecule has 0 saturated carbocycles. The highest BCUT2D eigenvalue weighted by Crippen LogP contribution is 2.02. The molecule has 0 aromatic heterocycles. The molecule has 0 fully saturated rings. The van der Waals surface area contributed by atoms with Crippen molar-refractivity contribution >= 4 is 47.4 Å². The summed E-state index contributed by atoms with van der Waals surface area (Å²) in [6, 6.07) is -5.70. The number of aliphatic carboxylic acids is 3. The third-order valence-corrected chi connectivity index (χ3v) is 4.37. The van der Waals surface area contributed by atoms with Gasteiger partial charge in [0, 0.05) is 0 Å². The Hall–Kier alpha value is -2.87. The standard InChI is InChI=1S/C16H26N4O9S/c1-7(16(28)29)18-14(26)9(5-11(21)22)20-15(27)10(6-12(23)24)19-13(25)8(17)3-4-30-2/h7-10H,3-6,17H2,1-2H3,(H,18,26)(H,19,25)(H,20,27)(H,21,22)(H,23,24)(H,28,29). The van der Waals surface area contributed by atoms with E-state index in [2.05, 4.69) is 5.32 Å². The van der Waals surface area contributed by atoms with Crippen LogP contribution in [0.25, 0.3) is 0 Å². The fraction of sp³-hybridized carbons (Fsp3) is 0.625. The first-order valence-electron chi connectivity index (χ1n) is 8.71. The van der Waals surface area contributed by atoms with Gasteiger partial charge in [0.05, 0.1) is 18.9 Å². The zero-order valence-corrected chi connectivity index (χ0v) is 17.2. The van der Waals surface area contributed by atoms with Gasteiger partial charge in [-0.2, -0.15) is 11.8 Å². The van der Waals surface area contributed by atoms with E-state index < -0.39 is 72.6 Å². The summed E-state index contributed by atoms with van der Waals surface area (Å²) in [7, 11) is 0. The number of carbonyl (C=O) groups excluding carboxylic acids is 3.